The van der Waals surface area contributed by atoms with Crippen LogP contribution in [0.3, 0.4) is 0 Å². The Labute approximate surface area is 152 Å². The van der Waals surface area contributed by atoms with Crippen molar-refractivity contribution in [2.45, 2.75) is 28.4 Å². The van der Waals surface area contributed by atoms with Crippen molar-refractivity contribution in [2.24, 2.45) is 0 Å². The highest BCUT2D eigenvalue weighted by Gasteiger charge is 2.28. The van der Waals surface area contributed by atoms with Gasteiger partial charge in [0.05, 0.1) is 10.1 Å². The first-order valence-electron chi connectivity index (χ1n) is 7.87. The van der Waals surface area contributed by atoms with Crippen molar-refractivity contribution in [1.29, 1.82) is 0 Å². The fourth-order valence-electron chi connectivity index (χ4n) is 2.65. The third-order valence-electron chi connectivity index (χ3n) is 4.07. The highest BCUT2D eigenvalue weighted by atomic mass is 32.2. The molecule has 1 aliphatic heterocycles. The summed E-state index contributed by atoms with van der Waals surface area (Å²) in [6.45, 7) is 2.03. The smallest absolute Gasteiger partial charge is 0.242 e. The number of rotatable bonds is 4. The lowest BCUT2D eigenvalue weighted by molar-refractivity contribution is -0.115. The first-order chi connectivity index (χ1) is 11.8. The van der Waals surface area contributed by atoms with E-state index in [1.54, 1.807) is 23.9 Å². The summed E-state index contributed by atoms with van der Waals surface area (Å²) < 4.78 is 25.6. The van der Waals surface area contributed by atoms with Crippen molar-refractivity contribution in [3.63, 3.8) is 0 Å². The van der Waals surface area contributed by atoms with E-state index in [-0.39, 0.29) is 16.1 Å². The third kappa shape index (κ3) is 3.73. The van der Waals surface area contributed by atoms with Gasteiger partial charge < -0.3 is 5.32 Å². The number of anilines is 1. The van der Waals surface area contributed by atoms with Crippen molar-refractivity contribution < 1.29 is 13.2 Å². The first kappa shape index (κ1) is 18.0. The molecule has 2 aromatic carbocycles. The van der Waals surface area contributed by atoms with E-state index < -0.39 is 10.0 Å². The summed E-state index contributed by atoms with van der Waals surface area (Å²) in [7, 11) is -0.564. The van der Waals surface area contributed by atoms with Crippen LogP contribution in [0.25, 0.3) is 0 Å². The number of hydrogen-bond acceptors (Lipinski definition) is 4. The van der Waals surface area contributed by atoms with Crippen LogP contribution in [0, 0.1) is 6.92 Å². The Balaban J connectivity index is 1.75. The number of hydrogen-bond donors (Lipinski definition) is 1. The number of benzene rings is 2. The summed E-state index contributed by atoms with van der Waals surface area (Å²) in [5.41, 5.74) is 2.84. The molecule has 0 fully saturated rings. The van der Waals surface area contributed by atoms with Gasteiger partial charge in [-0.25, -0.2) is 12.7 Å². The molecule has 1 amide bonds. The van der Waals surface area contributed by atoms with E-state index in [9.17, 15) is 13.2 Å². The van der Waals surface area contributed by atoms with Gasteiger partial charge in [0, 0.05) is 24.7 Å². The molecule has 1 atom stereocenters. The molecule has 132 valence electrons. The van der Waals surface area contributed by atoms with E-state index in [4.69, 9.17) is 0 Å². The summed E-state index contributed by atoms with van der Waals surface area (Å²) in [6, 6.07) is 12.6. The molecule has 0 aliphatic carbocycles. The van der Waals surface area contributed by atoms with E-state index >= 15 is 0 Å². The van der Waals surface area contributed by atoms with E-state index in [0.717, 1.165) is 9.20 Å². The van der Waals surface area contributed by atoms with Crippen molar-refractivity contribution in [3.05, 3.63) is 53.6 Å². The van der Waals surface area contributed by atoms with Crippen LogP contribution in [0.15, 0.2) is 52.3 Å². The van der Waals surface area contributed by atoms with Crippen LogP contribution >= 0.6 is 11.8 Å². The molecule has 0 saturated carbocycles. The van der Waals surface area contributed by atoms with Crippen LogP contribution in [0.5, 0.6) is 0 Å². The molecule has 0 bridgehead atoms. The van der Waals surface area contributed by atoms with Crippen LogP contribution in [0.4, 0.5) is 5.69 Å². The number of amides is 1. The number of carbonyl (C=O) groups excluding carboxylic acids is 1. The maximum atomic E-state index is 12.6. The number of aryl methyl sites for hydroxylation is 1. The van der Waals surface area contributed by atoms with Gasteiger partial charge in [0.15, 0.2) is 0 Å². The quantitative estimate of drug-likeness (QED) is 0.891. The van der Waals surface area contributed by atoms with Crippen molar-refractivity contribution in [1.82, 2.24) is 4.31 Å². The fourth-order valence-corrected chi connectivity index (χ4v) is 4.89. The summed E-state index contributed by atoms with van der Waals surface area (Å²) in [6.07, 6.45) is 0.682. The molecule has 2 aromatic rings. The zero-order chi connectivity index (χ0) is 18.2. The normalized spacial score (nSPS) is 16.7. The van der Waals surface area contributed by atoms with Gasteiger partial charge in [0.2, 0.25) is 15.9 Å². The minimum absolute atomic E-state index is 0.113. The van der Waals surface area contributed by atoms with Crippen LogP contribution in [0.2, 0.25) is 0 Å². The van der Waals surface area contributed by atoms with Gasteiger partial charge in [-0.1, -0.05) is 23.8 Å². The van der Waals surface area contributed by atoms with E-state index in [1.807, 2.05) is 6.92 Å². The fraction of sp³-hybridized carbons (Fsp3) is 0.278. The third-order valence-corrected chi connectivity index (χ3v) is 7.18. The lowest BCUT2D eigenvalue weighted by Crippen LogP contribution is -2.25. The van der Waals surface area contributed by atoms with E-state index in [0.29, 0.717) is 12.1 Å². The topological polar surface area (TPSA) is 66.5 Å². The van der Waals surface area contributed by atoms with Gasteiger partial charge in [-0.05, 0) is 43.2 Å². The second-order valence-corrected chi connectivity index (χ2v) is 9.62. The van der Waals surface area contributed by atoms with Crippen molar-refractivity contribution >= 4 is 33.4 Å². The molecule has 0 spiro atoms. The molecular weight excluding hydrogens is 356 g/mol. The Morgan fingerprint density at radius 3 is 2.68 bits per heavy atom. The Hall–Kier alpha value is -1.83. The van der Waals surface area contributed by atoms with Crippen molar-refractivity contribution in [2.75, 3.05) is 19.4 Å². The monoisotopic (exact) mass is 376 g/mol. The SMILES string of the molecule is Cc1ccc2c(c1)S[C@@H](C(=O)Nc1cccc(S(=O)(=O)N(C)C)c1)C2. The van der Waals surface area contributed by atoms with Crippen LogP contribution in [-0.2, 0) is 21.2 Å². The summed E-state index contributed by atoms with van der Waals surface area (Å²) in [5, 5.41) is 2.64. The summed E-state index contributed by atoms with van der Waals surface area (Å²) in [5.74, 6) is -0.113. The van der Waals surface area contributed by atoms with Gasteiger partial charge in [-0.15, -0.1) is 11.8 Å². The molecular formula is C18H20N2O3S2. The lowest BCUT2D eigenvalue weighted by atomic mass is 10.1. The predicted molar refractivity (Wildman–Crippen MR) is 100 cm³/mol. The number of thioether (sulfide) groups is 1. The lowest BCUT2D eigenvalue weighted by Gasteiger charge is -2.14. The predicted octanol–water partition coefficient (Wildman–Crippen LogP) is 2.90. The number of carbonyl (C=O) groups is 1. The number of nitrogens with zero attached hydrogens (tertiary/aromatic N) is 1. The van der Waals surface area contributed by atoms with Gasteiger partial charge in [-0.3, -0.25) is 4.79 Å². The number of fused-ring (bicyclic) bond motifs is 1. The average Bonchev–Trinajstić information content (AvgIpc) is 2.98. The zero-order valence-corrected chi connectivity index (χ0v) is 15.9. The van der Waals surface area contributed by atoms with Crippen LogP contribution in [0.1, 0.15) is 11.1 Å². The average molecular weight is 377 g/mol. The molecule has 5 nitrogen and oxygen atoms in total. The molecule has 0 unspecified atom stereocenters. The highest BCUT2D eigenvalue weighted by molar-refractivity contribution is 8.01. The maximum absolute atomic E-state index is 12.6. The minimum Gasteiger partial charge on any atom is -0.325 e. The van der Waals surface area contributed by atoms with E-state index in [1.165, 1.54) is 37.4 Å². The molecule has 1 N–H and O–H groups in total. The highest BCUT2D eigenvalue weighted by Crippen LogP contribution is 2.38. The molecule has 3 rings (SSSR count). The summed E-state index contributed by atoms with van der Waals surface area (Å²) >= 11 is 1.55. The Morgan fingerprint density at radius 2 is 1.96 bits per heavy atom. The largest absolute Gasteiger partial charge is 0.325 e. The molecule has 7 heteroatoms. The molecule has 0 aromatic heterocycles. The minimum atomic E-state index is -3.53. The van der Waals surface area contributed by atoms with Gasteiger partial charge in [0.1, 0.15) is 0 Å². The number of sulfonamides is 1. The van der Waals surface area contributed by atoms with Gasteiger partial charge in [0.25, 0.3) is 0 Å². The number of nitrogens with one attached hydrogen (secondary N) is 1. The van der Waals surface area contributed by atoms with Gasteiger partial charge in [-0.2, -0.15) is 0 Å². The second kappa shape index (κ2) is 6.82. The van der Waals surface area contributed by atoms with Crippen molar-refractivity contribution in [3.8, 4) is 0 Å². The second-order valence-electron chi connectivity index (χ2n) is 6.23. The van der Waals surface area contributed by atoms with E-state index in [2.05, 4.69) is 23.5 Å². The maximum Gasteiger partial charge on any atom is 0.242 e. The van der Waals surface area contributed by atoms with Crippen LogP contribution in [-0.4, -0.2) is 38.0 Å². The molecule has 0 radical (unpaired) electrons. The zero-order valence-electron chi connectivity index (χ0n) is 14.3. The Bertz CT molecular complexity index is 924. The molecule has 25 heavy (non-hydrogen) atoms. The Kier molecular flexibility index (Phi) is 4.90. The molecule has 1 aliphatic rings. The molecule has 0 saturated heterocycles. The Morgan fingerprint density at radius 1 is 1.20 bits per heavy atom. The summed E-state index contributed by atoms with van der Waals surface area (Å²) in [4.78, 5) is 13.9. The van der Waals surface area contributed by atoms with Gasteiger partial charge >= 0.3 is 0 Å². The molecule has 1 heterocycles. The standard InChI is InChI=1S/C18H20N2O3S2/c1-12-7-8-13-10-17(24-16(13)9-12)18(21)19-14-5-4-6-15(11-14)25(22,23)20(2)3/h4-9,11,17H,10H2,1-3H3,(H,19,21)/t17-/m1/s1. The first-order valence-corrected chi connectivity index (χ1v) is 10.2. The van der Waals surface area contributed by atoms with Crippen LogP contribution < -0.4 is 5.32 Å².